The highest BCUT2D eigenvalue weighted by molar-refractivity contribution is 7.13. The molecule has 0 fully saturated rings. The van der Waals surface area contributed by atoms with Crippen molar-refractivity contribution in [1.29, 1.82) is 0 Å². The number of thiazole rings is 1. The Hall–Kier alpha value is -1.10. The Morgan fingerprint density at radius 3 is 2.89 bits per heavy atom. The lowest BCUT2D eigenvalue weighted by Crippen LogP contribution is -2.28. The SMILES string of the molecule is CCCC(C)N(C)c1nc(CCC(=O)OCC)cs1. The van der Waals surface area contributed by atoms with E-state index < -0.39 is 0 Å². The predicted molar refractivity (Wildman–Crippen MR) is 79.8 cm³/mol. The van der Waals surface area contributed by atoms with Crippen LogP contribution in [-0.2, 0) is 16.0 Å². The molecule has 108 valence electrons. The molecule has 0 bridgehead atoms. The Bertz CT molecular complexity index is 393. The van der Waals surface area contributed by atoms with Gasteiger partial charge in [0.15, 0.2) is 5.13 Å². The Balaban J connectivity index is 2.50. The number of ether oxygens (including phenoxy) is 1. The van der Waals surface area contributed by atoms with E-state index in [9.17, 15) is 4.79 Å². The van der Waals surface area contributed by atoms with E-state index in [1.54, 1.807) is 11.3 Å². The van der Waals surface area contributed by atoms with E-state index in [0.29, 0.717) is 25.5 Å². The van der Waals surface area contributed by atoms with Crippen molar-refractivity contribution in [2.45, 2.75) is 52.5 Å². The lowest BCUT2D eigenvalue weighted by Gasteiger charge is -2.23. The quantitative estimate of drug-likeness (QED) is 0.687. The van der Waals surface area contributed by atoms with E-state index in [4.69, 9.17) is 4.74 Å². The number of anilines is 1. The largest absolute Gasteiger partial charge is 0.466 e. The second-order valence-electron chi connectivity index (χ2n) is 4.68. The molecular formula is C14H24N2O2S. The number of esters is 1. The number of carbonyl (C=O) groups is 1. The summed E-state index contributed by atoms with van der Waals surface area (Å²) in [4.78, 5) is 18.1. The molecule has 0 radical (unpaired) electrons. The zero-order valence-corrected chi connectivity index (χ0v) is 13.1. The molecular weight excluding hydrogens is 260 g/mol. The molecule has 4 nitrogen and oxygen atoms in total. The summed E-state index contributed by atoms with van der Waals surface area (Å²) in [7, 11) is 2.08. The van der Waals surface area contributed by atoms with Crippen LogP contribution in [0.5, 0.6) is 0 Å². The van der Waals surface area contributed by atoms with Crippen molar-refractivity contribution in [3.8, 4) is 0 Å². The zero-order chi connectivity index (χ0) is 14.3. The fourth-order valence-electron chi connectivity index (χ4n) is 1.84. The highest BCUT2D eigenvalue weighted by atomic mass is 32.1. The summed E-state index contributed by atoms with van der Waals surface area (Å²) >= 11 is 1.64. The first-order chi connectivity index (χ1) is 9.08. The molecule has 0 N–H and O–H groups in total. The van der Waals surface area contributed by atoms with Crippen molar-refractivity contribution < 1.29 is 9.53 Å². The van der Waals surface area contributed by atoms with Gasteiger partial charge in [0.1, 0.15) is 0 Å². The second kappa shape index (κ2) is 8.15. The van der Waals surface area contributed by atoms with Crippen LogP contribution in [0.2, 0.25) is 0 Å². The van der Waals surface area contributed by atoms with Crippen molar-refractivity contribution in [3.05, 3.63) is 11.1 Å². The van der Waals surface area contributed by atoms with E-state index in [1.807, 2.05) is 12.3 Å². The first kappa shape index (κ1) is 16.0. The van der Waals surface area contributed by atoms with Crippen molar-refractivity contribution in [2.24, 2.45) is 0 Å². The summed E-state index contributed by atoms with van der Waals surface area (Å²) in [5, 5.41) is 3.06. The summed E-state index contributed by atoms with van der Waals surface area (Å²) in [6, 6.07) is 0.494. The lowest BCUT2D eigenvalue weighted by molar-refractivity contribution is -0.143. The molecule has 19 heavy (non-hydrogen) atoms. The first-order valence-corrected chi connectivity index (χ1v) is 7.79. The number of rotatable bonds is 8. The van der Waals surface area contributed by atoms with Gasteiger partial charge in [0, 0.05) is 24.9 Å². The fourth-order valence-corrected chi connectivity index (χ4v) is 2.76. The van der Waals surface area contributed by atoms with Gasteiger partial charge in [-0.05, 0) is 20.3 Å². The highest BCUT2D eigenvalue weighted by Gasteiger charge is 2.13. The third-order valence-corrected chi connectivity index (χ3v) is 4.08. The van der Waals surface area contributed by atoms with Crippen LogP contribution in [-0.4, -0.2) is 30.6 Å². The normalized spacial score (nSPS) is 12.2. The zero-order valence-electron chi connectivity index (χ0n) is 12.3. The van der Waals surface area contributed by atoms with Crippen LogP contribution in [0, 0.1) is 0 Å². The molecule has 0 aliphatic heterocycles. The highest BCUT2D eigenvalue weighted by Crippen LogP contribution is 2.23. The van der Waals surface area contributed by atoms with Gasteiger partial charge in [-0.25, -0.2) is 4.98 Å². The van der Waals surface area contributed by atoms with Gasteiger partial charge in [-0.15, -0.1) is 11.3 Å². The van der Waals surface area contributed by atoms with Crippen molar-refractivity contribution in [2.75, 3.05) is 18.6 Å². The van der Waals surface area contributed by atoms with Gasteiger partial charge in [-0.1, -0.05) is 13.3 Å². The maximum Gasteiger partial charge on any atom is 0.306 e. The van der Waals surface area contributed by atoms with E-state index in [2.05, 4.69) is 30.8 Å². The molecule has 0 aliphatic carbocycles. The summed E-state index contributed by atoms with van der Waals surface area (Å²) in [6.45, 7) is 6.67. The molecule has 5 heteroatoms. The van der Waals surface area contributed by atoms with Gasteiger partial charge < -0.3 is 9.64 Å². The number of aryl methyl sites for hydroxylation is 1. The van der Waals surface area contributed by atoms with Crippen molar-refractivity contribution in [1.82, 2.24) is 4.98 Å². The third kappa shape index (κ3) is 5.19. The molecule has 0 saturated heterocycles. The minimum Gasteiger partial charge on any atom is -0.466 e. The molecule has 0 amide bonds. The van der Waals surface area contributed by atoms with E-state index in [-0.39, 0.29) is 5.97 Å². The van der Waals surface area contributed by atoms with Gasteiger partial charge in [0.05, 0.1) is 18.7 Å². The number of hydrogen-bond acceptors (Lipinski definition) is 5. The fraction of sp³-hybridized carbons (Fsp3) is 0.714. The number of aromatic nitrogens is 1. The Morgan fingerprint density at radius 1 is 1.53 bits per heavy atom. The molecule has 1 aromatic rings. The van der Waals surface area contributed by atoms with Crippen LogP contribution in [0.4, 0.5) is 5.13 Å². The van der Waals surface area contributed by atoms with E-state index in [1.165, 1.54) is 6.42 Å². The third-order valence-electron chi connectivity index (χ3n) is 3.10. The molecule has 1 aromatic heterocycles. The molecule has 1 heterocycles. The van der Waals surface area contributed by atoms with E-state index >= 15 is 0 Å². The van der Waals surface area contributed by atoms with Crippen LogP contribution in [0.15, 0.2) is 5.38 Å². The average Bonchev–Trinajstić information content (AvgIpc) is 2.85. The van der Waals surface area contributed by atoms with E-state index in [0.717, 1.165) is 17.2 Å². The Kier molecular flexibility index (Phi) is 6.84. The Morgan fingerprint density at radius 2 is 2.26 bits per heavy atom. The number of hydrogen-bond donors (Lipinski definition) is 0. The van der Waals surface area contributed by atoms with Crippen molar-refractivity contribution >= 4 is 22.4 Å². The smallest absolute Gasteiger partial charge is 0.306 e. The minimum atomic E-state index is -0.148. The molecule has 1 rings (SSSR count). The van der Waals surface area contributed by atoms with Crippen LogP contribution in [0.1, 0.15) is 45.7 Å². The standard InChI is InChI=1S/C14H24N2O2S/c1-5-7-11(3)16(4)14-15-12(10-19-14)8-9-13(17)18-6-2/h10-11H,5-9H2,1-4H3. The molecule has 1 atom stereocenters. The Labute approximate surface area is 119 Å². The van der Waals surface area contributed by atoms with Gasteiger partial charge in [0.25, 0.3) is 0 Å². The van der Waals surface area contributed by atoms with Gasteiger partial charge >= 0.3 is 5.97 Å². The van der Waals surface area contributed by atoms with Gasteiger partial charge in [-0.2, -0.15) is 0 Å². The monoisotopic (exact) mass is 284 g/mol. The minimum absolute atomic E-state index is 0.148. The average molecular weight is 284 g/mol. The molecule has 0 spiro atoms. The summed E-state index contributed by atoms with van der Waals surface area (Å²) in [5.41, 5.74) is 0.976. The molecule has 0 aliphatic rings. The molecule has 1 unspecified atom stereocenters. The first-order valence-electron chi connectivity index (χ1n) is 6.91. The summed E-state index contributed by atoms with van der Waals surface area (Å²) < 4.78 is 4.91. The number of carbonyl (C=O) groups excluding carboxylic acids is 1. The second-order valence-corrected chi connectivity index (χ2v) is 5.51. The molecule has 0 saturated carbocycles. The topological polar surface area (TPSA) is 42.4 Å². The maximum atomic E-state index is 11.3. The van der Waals surface area contributed by atoms with Gasteiger partial charge in [-0.3, -0.25) is 4.79 Å². The van der Waals surface area contributed by atoms with Crippen LogP contribution in [0.3, 0.4) is 0 Å². The van der Waals surface area contributed by atoms with Crippen LogP contribution < -0.4 is 4.90 Å². The molecule has 0 aromatic carbocycles. The van der Waals surface area contributed by atoms with Crippen LogP contribution in [0.25, 0.3) is 0 Å². The lowest BCUT2D eigenvalue weighted by atomic mass is 10.2. The van der Waals surface area contributed by atoms with Crippen LogP contribution >= 0.6 is 11.3 Å². The predicted octanol–water partition coefficient (Wildman–Crippen LogP) is 3.26. The summed E-state index contributed by atoms with van der Waals surface area (Å²) in [6.07, 6.45) is 3.40. The number of nitrogens with zero attached hydrogens (tertiary/aromatic N) is 2. The maximum absolute atomic E-state index is 11.3. The summed E-state index contributed by atoms with van der Waals surface area (Å²) in [5.74, 6) is -0.148. The van der Waals surface area contributed by atoms with Crippen molar-refractivity contribution in [3.63, 3.8) is 0 Å². The van der Waals surface area contributed by atoms with Gasteiger partial charge in [0.2, 0.25) is 0 Å².